The molecule has 7 N–H and O–H groups in total. The van der Waals surface area contributed by atoms with E-state index in [1.165, 1.54) is 20.8 Å². The summed E-state index contributed by atoms with van der Waals surface area (Å²) < 4.78 is 41.9. The highest BCUT2D eigenvalue weighted by Crippen LogP contribution is 2.69. The molecule has 344 valence electrons. The van der Waals surface area contributed by atoms with Crippen LogP contribution in [0.15, 0.2) is 22.8 Å². The third kappa shape index (κ3) is 7.91. The summed E-state index contributed by atoms with van der Waals surface area (Å²) in [6.07, 6.45) is -12.0. The first-order valence-electron chi connectivity index (χ1n) is 21.8. The van der Waals surface area contributed by atoms with E-state index in [1.54, 1.807) is 13.8 Å². The third-order valence-electron chi connectivity index (χ3n) is 16.1. The molecule has 0 radical (unpaired) electrons. The molecule has 7 aliphatic rings. The maximum Gasteiger partial charge on any atom is 0.334 e. The molecule has 0 bridgehead atoms. The number of hydrogen-bond acceptors (Lipinski definition) is 17. The van der Waals surface area contributed by atoms with Crippen LogP contribution in [-0.4, -0.2) is 152 Å². The van der Waals surface area contributed by atoms with E-state index in [9.17, 15) is 50.1 Å². The van der Waals surface area contributed by atoms with Crippen molar-refractivity contribution in [2.75, 3.05) is 6.61 Å². The summed E-state index contributed by atoms with van der Waals surface area (Å²) in [6.45, 7) is 13.0. The molecule has 17 heteroatoms. The van der Waals surface area contributed by atoms with E-state index < -0.39 is 127 Å². The van der Waals surface area contributed by atoms with Crippen LogP contribution in [0.2, 0.25) is 0 Å². The van der Waals surface area contributed by atoms with E-state index in [0.717, 1.165) is 17.6 Å². The van der Waals surface area contributed by atoms with Crippen LogP contribution in [-0.2, 0) is 47.5 Å². The first-order chi connectivity index (χ1) is 28.5. The van der Waals surface area contributed by atoms with Gasteiger partial charge in [-0.3, -0.25) is 9.59 Å². The molecule has 3 heterocycles. The molecule has 21 atom stereocenters. The van der Waals surface area contributed by atoms with Gasteiger partial charge >= 0.3 is 17.9 Å². The predicted octanol–water partition coefficient (Wildman–Crippen LogP) is 1.09. The summed E-state index contributed by atoms with van der Waals surface area (Å²) in [6, 6.07) is 0. The number of esters is 3. The number of carbonyl (C=O) groups excluding carboxylic acids is 3. The van der Waals surface area contributed by atoms with Crippen molar-refractivity contribution in [3.63, 3.8) is 0 Å². The van der Waals surface area contributed by atoms with Crippen molar-refractivity contribution >= 4 is 17.9 Å². The number of aliphatic hydroxyl groups excluding tert-OH is 6. The molecule has 0 amide bonds. The second kappa shape index (κ2) is 17.1. The van der Waals surface area contributed by atoms with Gasteiger partial charge in [0.15, 0.2) is 12.6 Å². The van der Waals surface area contributed by atoms with E-state index in [2.05, 4.69) is 19.9 Å². The number of rotatable bonds is 9. The van der Waals surface area contributed by atoms with Crippen LogP contribution in [0.4, 0.5) is 0 Å². The molecule has 0 aromatic carbocycles. The molecule has 5 fully saturated rings. The Morgan fingerprint density at radius 2 is 1.49 bits per heavy atom. The van der Waals surface area contributed by atoms with Gasteiger partial charge in [-0.2, -0.15) is 0 Å². The van der Waals surface area contributed by atoms with E-state index in [1.807, 2.05) is 6.92 Å². The van der Waals surface area contributed by atoms with Crippen LogP contribution in [0.5, 0.6) is 0 Å². The number of ether oxygens (including phenoxy) is 7. The van der Waals surface area contributed by atoms with Gasteiger partial charge in [-0.15, -0.1) is 0 Å². The molecular formula is C44H66O17. The van der Waals surface area contributed by atoms with Gasteiger partial charge in [-0.1, -0.05) is 31.1 Å². The van der Waals surface area contributed by atoms with E-state index in [-0.39, 0.29) is 30.1 Å². The highest BCUT2D eigenvalue weighted by Gasteiger charge is 2.69. The molecule has 4 aliphatic carbocycles. The summed E-state index contributed by atoms with van der Waals surface area (Å²) in [4.78, 5) is 38.6. The highest BCUT2D eigenvalue weighted by molar-refractivity contribution is 5.89. The highest BCUT2D eigenvalue weighted by atomic mass is 16.7. The van der Waals surface area contributed by atoms with Crippen LogP contribution >= 0.6 is 0 Å². The topological polar surface area (TPSA) is 257 Å². The second-order valence-corrected chi connectivity index (χ2v) is 19.5. The average molecular weight is 867 g/mol. The minimum absolute atomic E-state index is 0.0131. The average Bonchev–Trinajstić information content (AvgIpc) is 3.57. The molecule has 3 saturated carbocycles. The Bertz CT molecular complexity index is 1740. The van der Waals surface area contributed by atoms with Crippen molar-refractivity contribution in [1.82, 2.24) is 0 Å². The summed E-state index contributed by atoms with van der Waals surface area (Å²) in [5.41, 5.74) is -0.489. The SMILES string of the molecule is CC(=O)O[C@H]1C[C@H](O[C@@H]2O[C@H](CO)[C@@H](O[C@@H]3O[C@@H](C)[C@H](O)[C@@H](O)[C@H]3O)[C@H](O)[C@H]2O)CC2=CC[C@@H]3[C@H](C[C@@H](OC(C)=O)[C@]4(C)[C@@H]([C@@](C)(O)[C@H]5CC(C)=C(C)C(=O)O5)CC[C@@H]34)[C@]21C. The van der Waals surface area contributed by atoms with E-state index in [4.69, 9.17) is 33.2 Å². The molecule has 3 aliphatic heterocycles. The van der Waals surface area contributed by atoms with Gasteiger partial charge in [0.2, 0.25) is 0 Å². The van der Waals surface area contributed by atoms with Gasteiger partial charge in [0.25, 0.3) is 0 Å². The minimum atomic E-state index is -1.71. The number of allylic oxidation sites excluding steroid dienone is 1. The Labute approximate surface area is 356 Å². The van der Waals surface area contributed by atoms with Crippen LogP contribution in [0.3, 0.4) is 0 Å². The number of hydrogen-bond donors (Lipinski definition) is 7. The Balaban J connectivity index is 1.13. The van der Waals surface area contributed by atoms with Gasteiger partial charge < -0.3 is 68.9 Å². The van der Waals surface area contributed by atoms with Crippen molar-refractivity contribution in [2.24, 2.45) is 34.5 Å². The van der Waals surface area contributed by atoms with Gasteiger partial charge in [0.05, 0.1) is 18.8 Å². The standard InChI is InChI=1S/C44H66O17/c1-18-13-32(60-39(53)19(18)2)44(8,54)29-12-11-26-25-10-9-23-14-24(15-30(56-21(4)46)42(23,6)27(25)16-31(43(26,29)7)57-22(5)47)58-41-37(52)35(50)38(28(17-45)59-41)61-40-36(51)34(49)33(48)20(3)55-40/h9,20,24-38,40-41,45,48-52,54H,10-17H2,1-8H3/t20-,24+,25-,26-,27-,28+,29-,30-,31+,32+,33-,34+,35+,36+,37+,38+,40-,41+,42-,43-,44+/m0/s1. The zero-order chi connectivity index (χ0) is 44.7. The first kappa shape index (κ1) is 46.4. The van der Waals surface area contributed by atoms with Crippen molar-refractivity contribution in [3.8, 4) is 0 Å². The van der Waals surface area contributed by atoms with Crippen LogP contribution in [0.1, 0.15) is 100 Å². The third-order valence-corrected chi connectivity index (χ3v) is 16.1. The maximum atomic E-state index is 12.9. The maximum absolute atomic E-state index is 12.9. The summed E-state index contributed by atoms with van der Waals surface area (Å²) in [5, 5.41) is 76.2. The molecule has 0 unspecified atom stereocenters. The number of aliphatic hydroxyl groups is 7. The summed E-state index contributed by atoms with van der Waals surface area (Å²) in [7, 11) is 0. The van der Waals surface area contributed by atoms with Crippen molar-refractivity contribution in [2.45, 2.75) is 192 Å². The first-order valence-corrected chi connectivity index (χ1v) is 21.8. The van der Waals surface area contributed by atoms with E-state index >= 15 is 0 Å². The number of carbonyl (C=O) groups is 3. The van der Waals surface area contributed by atoms with Crippen molar-refractivity contribution in [3.05, 3.63) is 22.8 Å². The summed E-state index contributed by atoms with van der Waals surface area (Å²) in [5.74, 6) is -1.86. The van der Waals surface area contributed by atoms with Crippen molar-refractivity contribution < 1.29 is 83.3 Å². The van der Waals surface area contributed by atoms with Gasteiger partial charge in [0.1, 0.15) is 66.6 Å². The molecule has 2 saturated heterocycles. The Morgan fingerprint density at radius 3 is 2.13 bits per heavy atom. The molecule has 17 nitrogen and oxygen atoms in total. The number of fused-ring (bicyclic) bond motifs is 5. The van der Waals surface area contributed by atoms with Gasteiger partial charge in [0, 0.05) is 49.0 Å². The summed E-state index contributed by atoms with van der Waals surface area (Å²) >= 11 is 0. The van der Waals surface area contributed by atoms with Crippen LogP contribution in [0, 0.1) is 34.5 Å². The second-order valence-electron chi connectivity index (χ2n) is 19.5. The van der Waals surface area contributed by atoms with Crippen LogP contribution < -0.4 is 0 Å². The lowest BCUT2D eigenvalue weighted by Gasteiger charge is -2.62. The number of cyclic esters (lactones) is 1. The lowest BCUT2D eigenvalue weighted by Crippen LogP contribution is -2.65. The fourth-order valence-corrected chi connectivity index (χ4v) is 12.6. The zero-order valence-corrected chi connectivity index (χ0v) is 36.3. The molecular weight excluding hydrogens is 800 g/mol. The molecule has 0 spiro atoms. The quantitative estimate of drug-likeness (QED) is 0.0973. The molecule has 0 aromatic heterocycles. The molecule has 0 aromatic rings. The minimum Gasteiger partial charge on any atom is -0.462 e. The lowest BCUT2D eigenvalue weighted by atomic mass is 9.45. The Kier molecular flexibility index (Phi) is 13.0. The Hall–Kier alpha value is -2.55. The smallest absolute Gasteiger partial charge is 0.334 e. The molecule has 61 heavy (non-hydrogen) atoms. The fourth-order valence-electron chi connectivity index (χ4n) is 12.6. The van der Waals surface area contributed by atoms with E-state index in [0.29, 0.717) is 37.7 Å². The fraction of sp³-hybridized carbons (Fsp3) is 0.841. The monoisotopic (exact) mass is 866 g/mol. The Morgan fingerprint density at radius 1 is 0.852 bits per heavy atom. The van der Waals surface area contributed by atoms with Gasteiger partial charge in [-0.25, -0.2) is 4.79 Å². The largest absolute Gasteiger partial charge is 0.462 e. The van der Waals surface area contributed by atoms with Gasteiger partial charge in [-0.05, 0) is 77.6 Å². The predicted molar refractivity (Wildman–Crippen MR) is 210 cm³/mol. The normalized spacial score (nSPS) is 48.4. The van der Waals surface area contributed by atoms with Crippen molar-refractivity contribution in [1.29, 1.82) is 0 Å². The lowest BCUT2D eigenvalue weighted by molar-refractivity contribution is -0.361. The molecule has 7 rings (SSSR count). The van der Waals surface area contributed by atoms with Crippen LogP contribution in [0.25, 0.3) is 0 Å². The zero-order valence-electron chi connectivity index (χ0n) is 36.3.